The van der Waals surface area contributed by atoms with Gasteiger partial charge < -0.3 is 4.90 Å². The molecule has 6 nitrogen and oxygen atoms in total. The summed E-state index contributed by atoms with van der Waals surface area (Å²) >= 11 is 1.63. The highest BCUT2D eigenvalue weighted by molar-refractivity contribution is 7.09. The summed E-state index contributed by atoms with van der Waals surface area (Å²) in [6.45, 7) is 2.58. The van der Waals surface area contributed by atoms with Crippen molar-refractivity contribution in [3.8, 4) is 11.3 Å². The minimum atomic E-state index is -0.197. The average molecular weight is 402 g/mol. The van der Waals surface area contributed by atoms with Gasteiger partial charge in [-0.25, -0.2) is 9.97 Å². The molecule has 1 aliphatic rings. The van der Waals surface area contributed by atoms with E-state index in [-0.39, 0.29) is 18.0 Å². The molecule has 4 aromatic rings. The fourth-order valence-corrected chi connectivity index (χ4v) is 4.39. The van der Waals surface area contributed by atoms with E-state index in [1.807, 2.05) is 30.5 Å². The van der Waals surface area contributed by atoms with Gasteiger partial charge in [-0.2, -0.15) is 0 Å². The highest BCUT2D eigenvalue weighted by Crippen LogP contribution is 2.32. The van der Waals surface area contributed by atoms with Gasteiger partial charge in [0.15, 0.2) is 0 Å². The molecule has 0 atom stereocenters. The highest BCUT2D eigenvalue weighted by Gasteiger charge is 2.25. The van der Waals surface area contributed by atoms with Gasteiger partial charge in [0.2, 0.25) is 5.91 Å². The Kier molecular flexibility index (Phi) is 4.24. The number of nitrogens with zero attached hydrogens (tertiary/aromatic N) is 4. The molecule has 1 aliphatic heterocycles. The lowest BCUT2D eigenvalue weighted by Gasteiger charge is -2.18. The second-order valence-electron chi connectivity index (χ2n) is 7.09. The van der Waals surface area contributed by atoms with E-state index in [0.717, 1.165) is 33.9 Å². The Balaban J connectivity index is 1.41. The Labute approximate surface area is 171 Å². The molecular formula is C22H18N4O2S. The smallest absolute Gasteiger partial charge is 0.261 e. The van der Waals surface area contributed by atoms with Gasteiger partial charge in [-0.15, -0.1) is 11.3 Å². The standard InChI is InChI=1S/C22H18N4O2S/c1-14-24-19(12-29-14)15-6-7-20-16(10-15)8-9-26(20)21(27)11-25-13-23-18-5-3-2-4-17(18)22(25)28/h2-7,10,12-13H,8-9,11H2,1H3. The molecule has 29 heavy (non-hydrogen) atoms. The van der Waals surface area contributed by atoms with Crippen molar-refractivity contribution >= 4 is 33.8 Å². The third-order valence-electron chi connectivity index (χ3n) is 5.23. The quantitative estimate of drug-likeness (QED) is 0.527. The maximum atomic E-state index is 13.0. The summed E-state index contributed by atoms with van der Waals surface area (Å²) in [6.07, 6.45) is 2.25. The largest absolute Gasteiger partial charge is 0.310 e. The van der Waals surface area contributed by atoms with Gasteiger partial charge >= 0.3 is 0 Å². The van der Waals surface area contributed by atoms with Crippen LogP contribution in [0.15, 0.2) is 59.0 Å². The molecule has 2 aromatic heterocycles. The summed E-state index contributed by atoms with van der Waals surface area (Å²) in [5.74, 6) is -0.111. The number of fused-ring (bicyclic) bond motifs is 2. The maximum absolute atomic E-state index is 13.0. The molecule has 0 bridgehead atoms. The van der Waals surface area contributed by atoms with E-state index in [0.29, 0.717) is 17.4 Å². The average Bonchev–Trinajstić information content (AvgIpc) is 3.36. The van der Waals surface area contributed by atoms with Crippen molar-refractivity contribution in [3.63, 3.8) is 0 Å². The van der Waals surface area contributed by atoms with Crippen molar-refractivity contribution in [3.05, 3.63) is 75.1 Å². The van der Waals surface area contributed by atoms with Crippen molar-refractivity contribution in [1.82, 2.24) is 14.5 Å². The summed E-state index contributed by atoms with van der Waals surface area (Å²) < 4.78 is 1.38. The molecule has 5 rings (SSSR count). The Morgan fingerprint density at radius 2 is 2.07 bits per heavy atom. The van der Waals surface area contributed by atoms with Crippen molar-refractivity contribution in [1.29, 1.82) is 0 Å². The van der Waals surface area contributed by atoms with Crippen LogP contribution in [0.25, 0.3) is 22.2 Å². The monoisotopic (exact) mass is 402 g/mol. The van der Waals surface area contributed by atoms with Crippen LogP contribution in [0.2, 0.25) is 0 Å². The second kappa shape index (κ2) is 6.93. The van der Waals surface area contributed by atoms with E-state index >= 15 is 0 Å². The lowest BCUT2D eigenvalue weighted by Crippen LogP contribution is -2.35. The van der Waals surface area contributed by atoms with Crippen LogP contribution in [0.1, 0.15) is 10.6 Å². The number of benzene rings is 2. The molecule has 0 N–H and O–H groups in total. The molecule has 0 spiro atoms. The number of anilines is 1. The van der Waals surface area contributed by atoms with Gasteiger partial charge in [0.05, 0.1) is 27.9 Å². The normalized spacial score (nSPS) is 13.1. The first-order chi connectivity index (χ1) is 14.1. The molecule has 1 amide bonds. The van der Waals surface area contributed by atoms with Crippen LogP contribution in [0.5, 0.6) is 0 Å². The summed E-state index contributed by atoms with van der Waals surface area (Å²) in [5, 5.41) is 3.60. The van der Waals surface area contributed by atoms with E-state index in [2.05, 4.69) is 16.0 Å². The fraction of sp³-hybridized carbons (Fsp3) is 0.182. The van der Waals surface area contributed by atoms with E-state index in [1.165, 1.54) is 10.9 Å². The first-order valence-corrected chi connectivity index (χ1v) is 10.3. The number of rotatable bonds is 3. The number of hydrogen-bond acceptors (Lipinski definition) is 5. The van der Waals surface area contributed by atoms with Crippen molar-refractivity contribution in [2.75, 3.05) is 11.4 Å². The number of aryl methyl sites for hydroxylation is 1. The highest BCUT2D eigenvalue weighted by atomic mass is 32.1. The van der Waals surface area contributed by atoms with Gasteiger partial charge in [0, 0.05) is 23.2 Å². The predicted molar refractivity (Wildman–Crippen MR) is 114 cm³/mol. The number of para-hydroxylation sites is 1. The number of thiazole rings is 1. The molecule has 2 aromatic carbocycles. The molecule has 0 radical (unpaired) electrons. The molecule has 0 unspecified atom stereocenters. The van der Waals surface area contributed by atoms with Crippen LogP contribution in [0.3, 0.4) is 0 Å². The zero-order valence-corrected chi connectivity index (χ0v) is 16.6. The molecule has 144 valence electrons. The van der Waals surface area contributed by atoms with Crippen LogP contribution in [0.4, 0.5) is 5.69 Å². The van der Waals surface area contributed by atoms with E-state index in [9.17, 15) is 9.59 Å². The van der Waals surface area contributed by atoms with Gasteiger partial charge in [-0.05, 0) is 43.2 Å². The second-order valence-corrected chi connectivity index (χ2v) is 8.15. The zero-order chi connectivity index (χ0) is 20.0. The molecular weight excluding hydrogens is 384 g/mol. The summed E-state index contributed by atoms with van der Waals surface area (Å²) in [7, 11) is 0. The van der Waals surface area contributed by atoms with Crippen molar-refractivity contribution in [2.45, 2.75) is 19.9 Å². The van der Waals surface area contributed by atoms with Crippen LogP contribution < -0.4 is 10.5 Å². The minimum absolute atomic E-state index is 0.0247. The topological polar surface area (TPSA) is 68.1 Å². The molecule has 0 aliphatic carbocycles. The number of amides is 1. The predicted octanol–water partition coefficient (Wildman–Crippen LogP) is 3.42. The third-order valence-corrected chi connectivity index (χ3v) is 6.00. The van der Waals surface area contributed by atoms with Gasteiger partial charge in [-0.1, -0.05) is 18.2 Å². The lowest BCUT2D eigenvalue weighted by molar-refractivity contribution is -0.119. The summed E-state index contributed by atoms with van der Waals surface area (Å²) in [6, 6.07) is 13.3. The number of carbonyl (C=O) groups excluding carboxylic acids is 1. The third kappa shape index (κ3) is 3.13. The van der Waals surface area contributed by atoms with Crippen molar-refractivity contribution < 1.29 is 4.79 Å². The number of hydrogen-bond donors (Lipinski definition) is 0. The Hall–Kier alpha value is -3.32. The summed E-state index contributed by atoms with van der Waals surface area (Å²) in [5.41, 5.74) is 4.51. The molecule has 0 fully saturated rings. The van der Waals surface area contributed by atoms with Crippen molar-refractivity contribution in [2.24, 2.45) is 0 Å². The lowest BCUT2D eigenvalue weighted by atomic mass is 10.1. The van der Waals surface area contributed by atoms with Crippen LogP contribution in [-0.4, -0.2) is 27.0 Å². The Bertz CT molecular complexity index is 1310. The zero-order valence-electron chi connectivity index (χ0n) is 15.8. The first kappa shape index (κ1) is 17.8. The van der Waals surface area contributed by atoms with Gasteiger partial charge in [0.25, 0.3) is 5.56 Å². The SMILES string of the molecule is Cc1nc(-c2ccc3c(c2)CCN3C(=O)Cn2cnc3ccccc3c2=O)cs1. The van der Waals surface area contributed by atoms with E-state index in [4.69, 9.17) is 0 Å². The Morgan fingerprint density at radius 3 is 2.90 bits per heavy atom. The Morgan fingerprint density at radius 1 is 1.21 bits per heavy atom. The number of carbonyl (C=O) groups is 1. The van der Waals surface area contributed by atoms with E-state index < -0.39 is 0 Å². The molecule has 3 heterocycles. The van der Waals surface area contributed by atoms with Gasteiger partial charge in [-0.3, -0.25) is 14.2 Å². The molecule has 7 heteroatoms. The first-order valence-electron chi connectivity index (χ1n) is 9.40. The molecule has 0 saturated carbocycles. The van der Waals surface area contributed by atoms with Gasteiger partial charge in [0.1, 0.15) is 6.54 Å². The fourth-order valence-electron chi connectivity index (χ4n) is 3.77. The minimum Gasteiger partial charge on any atom is -0.310 e. The number of aromatic nitrogens is 3. The van der Waals surface area contributed by atoms with E-state index in [1.54, 1.807) is 34.4 Å². The summed E-state index contributed by atoms with van der Waals surface area (Å²) in [4.78, 5) is 36.2. The van der Waals surface area contributed by atoms with Crippen LogP contribution in [-0.2, 0) is 17.8 Å². The maximum Gasteiger partial charge on any atom is 0.261 e. The van der Waals surface area contributed by atoms with Crippen LogP contribution in [0, 0.1) is 6.92 Å². The van der Waals surface area contributed by atoms with Crippen LogP contribution >= 0.6 is 11.3 Å². The molecule has 0 saturated heterocycles.